The summed E-state index contributed by atoms with van der Waals surface area (Å²) in [6.45, 7) is 1.51. The minimum absolute atomic E-state index is 0.136. The van der Waals surface area contributed by atoms with Crippen molar-refractivity contribution in [2.45, 2.75) is 18.8 Å². The molecule has 1 saturated heterocycles. The summed E-state index contributed by atoms with van der Waals surface area (Å²) in [6.07, 6.45) is 3.51. The van der Waals surface area contributed by atoms with E-state index in [2.05, 4.69) is 16.3 Å². The summed E-state index contributed by atoms with van der Waals surface area (Å²) in [4.78, 5) is 0. The second-order valence-corrected chi connectivity index (χ2v) is 3.71. The Morgan fingerprint density at radius 1 is 1.47 bits per heavy atom. The zero-order valence-corrected chi connectivity index (χ0v) is 8.47. The smallest absolute Gasteiger partial charge is 0.0933 e. The standard InChI is InChI=1S/C11H13N3O/c12-8-10(9-3-6-15-7-4-9)11-2-1-5-13-14-11/h1-2,5,9-10H,3-4,6-7H2. The van der Waals surface area contributed by atoms with Crippen molar-refractivity contribution < 1.29 is 4.74 Å². The molecule has 0 aliphatic carbocycles. The predicted octanol–water partition coefficient (Wildman–Crippen LogP) is 1.51. The molecule has 4 nitrogen and oxygen atoms in total. The van der Waals surface area contributed by atoms with Crippen LogP contribution in [0.25, 0.3) is 0 Å². The van der Waals surface area contributed by atoms with Crippen LogP contribution in [-0.4, -0.2) is 23.4 Å². The van der Waals surface area contributed by atoms with E-state index in [-0.39, 0.29) is 5.92 Å². The van der Waals surface area contributed by atoms with Gasteiger partial charge >= 0.3 is 0 Å². The highest BCUT2D eigenvalue weighted by Gasteiger charge is 2.26. The number of ether oxygens (including phenoxy) is 1. The Bertz CT molecular complexity index is 341. The van der Waals surface area contributed by atoms with Gasteiger partial charge in [-0.3, -0.25) is 0 Å². The summed E-state index contributed by atoms with van der Waals surface area (Å²) >= 11 is 0. The molecular formula is C11H13N3O. The third-order valence-electron chi connectivity index (χ3n) is 2.79. The molecule has 0 bridgehead atoms. The van der Waals surface area contributed by atoms with Gasteiger partial charge < -0.3 is 4.74 Å². The van der Waals surface area contributed by atoms with Crippen molar-refractivity contribution >= 4 is 0 Å². The molecule has 1 aromatic rings. The van der Waals surface area contributed by atoms with Crippen LogP contribution in [0.3, 0.4) is 0 Å². The molecule has 0 aromatic carbocycles. The van der Waals surface area contributed by atoms with Crippen molar-refractivity contribution in [2.75, 3.05) is 13.2 Å². The van der Waals surface area contributed by atoms with Crippen LogP contribution in [0, 0.1) is 17.2 Å². The molecule has 2 rings (SSSR count). The molecule has 0 radical (unpaired) electrons. The number of rotatable bonds is 2. The van der Waals surface area contributed by atoms with Crippen molar-refractivity contribution in [1.29, 1.82) is 5.26 Å². The number of nitriles is 1. The fraction of sp³-hybridized carbons (Fsp3) is 0.545. The predicted molar refractivity (Wildman–Crippen MR) is 53.9 cm³/mol. The van der Waals surface area contributed by atoms with Crippen LogP contribution in [0.2, 0.25) is 0 Å². The average Bonchev–Trinajstić information content (AvgIpc) is 2.33. The second kappa shape index (κ2) is 4.85. The number of aromatic nitrogens is 2. The largest absolute Gasteiger partial charge is 0.381 e. The highest BCUT2D eigenvalue weighted by atomic mass is 16.5. The van der Waals surface area contributed by atoms with Crippen molar-refractivity contribution in [3.8, 4) is 6.07 Å². The van der Waals surface area contributed by atoms with Crippen molar-refractivity contribution in [1.82, 2.24) is 10.2 Å². The monoisotopic (exact) mass is 203 g/mol. The van der Waals surface area contributed by atoms with Gasteiger partial charge in [-0.15, -0.1) is 0 Å². The number of hydrogen-bond acceptors (Lipinski definition) is 4. The Hall–Kier alpha value is -1.47. The normalized spacial score (nSPS) is 19.4. The van der Waals surface area contributed by atoms with Gasteiger partial charge in [-0.25, -0.2) is 0 Å². The molecule has 15 heavy (non-hydrogen) atoms. The minimum atomic E-state index is -0.136. The first kappa shape index (κ1) is 10.1. The molecule has 0 amide bonds. The van der Waals surface area contributed by atoms with Gasteiger partial charge in [0, 0.05) is 19.4 Å². The fourth-order valence-corrected chi connectivity index (χ4v) is 1.94. The quantitative estimate of drug-likeness (QED) is 0.731. The molecule has 1 atom stereocenters. The van der Waals surface area contributed by atoms with Crippen molar-refractivity contribution in [3.63, 3.8) is 0 Å². The highest BCUT2D eigenvalue weighted by Crippen LogP contribution is 2.29. The first-order valence-electron chi connectivity index (χ1n) is 5.17. The van der Waals surface area contributed by atoms with Gasteiger partial charge in [0.25, 0.3) is 0 Å². The van der Waals surface area contributed by atoms with E-state index in [4.69, 9.17) is 4.74 Å². The van der Waals surface area contributed by atoms with Crippen molar-refractivity contribution in [2.24, 2.45) is 5.92 Å². The third kappa shape index (κ3) is 2.31. The van der Waals surface area contributed by atoms with Gasteiger partial charge in [0.2, 0.25) is 0 Å². The van der Waals surface area contributed by atoms with E-state index in [0.29, 0.717) is 5.92 Å². The summed E-state index contributed by atoms with van der Waals surface area (Å²) < 4.78 is 5.28. The Morgan fingerprint density at radius 3 is 2.87 bits per heavy atom. The lowest BCUT2D eigenvalue weighted by Crippen LogP contribution is -2.22. The molecule has 1 unspecified atom stereocenters. The van der Waals surface area contributed by atoms with Gasteiger partial charge in [-0.05, 0) is 30.9 Å². The molecular weight excluding hydrogens is 190 g/mol. The van der Waals surface area contributed by atoms with Crippen LogP contribution in [0.15, 0.2) is 18.3 Å². The lowest BCUT2D eigenvalue weighted by Gasteiger charge is -2.25. The molecule has 4 heteroatoms. The summed E-state index contributed by atoms with van der Waals surface area (Å²) in [7, 11) is 0. The van der Waals surface area contributed by atoms with Gasteiger partial charge in [0.15, 0.2) is 0 Å². The topological polar surface area (TPSA) is 58.8 Å². The van der Waals surface area contributed by atoms with Crippen LogP contribution >= 0.6 is 0 Å². The van der Waals surface area contributed by atoms with Gasteiger partial charge in [-0.2, -0.15) is 15.5 Å². The minimum Gasteiger partial charge on any atom is -0.381 e. The van der Waals surface area contributed by atoms with Crippen LogP contribution < -0.4 is 0 Å². The van der Waals surface area contributed by atoms with E-state index in [1.165, 1.54) is 0 Å². The zero-order chi connectivity index (χ0) is 10.5. The Balaban J connectivity index is 2.14. The van der Waals surface area contributed by atoms with E-state index >= 15 is 0 Å². The van der Waals surface area contributed by atoms with E-state index in [0.717, 1.165) is 31.7 Å². The lowest BCUT2D eigenvalue weighted by atomic mass is 9.85. The summed E-state index contributed by atoms with van der Waals surface area (Å²) in [5, 5.41) is 17.0. The average molecular weight is 203 g/mol. The fourth-order valence-electron chi connectivity index (χ4n) is 1.94. The summed E-state index contributed by atoms with van der Waals surface area (Å²) in [6, 6.07) is 6.03. The van der Waals surface area contributed by atoms with Gasteiger partial charge in [0.1, 0.15) is 0 Å². The van der Waals surface area contributed by atoms with E-state index < -0.39 is 0 Å². The molecule has 1 aliphatic heterocycles. The second-order valence-electron chi connectivity index (χ2n) is 3.71. The highest BCUT2D eigenvalue weighted by molar-refractivity contribution is 5.16. The van der Waals surface area contributed by atoms with Gasteiger partial charge in [-0.1, -0.05) is 0 Å². The zero-order valence-electron chi connectivity index (χ0n) is 8.47. The van der Waals surface area contributed by atoms with Crippen LogP contribution in [0.1, 0.15) is 24.5 Å². The van der Waals surface area contributed by atoms with Crippen LogP contribution in [-0.2, 0) is 4.74 Å². The maximum atomic E-state index is 9.17. The molecule has 1 aliphatic rings. The Labute approximate surface area is 88.9 Å². The molecule has 1 fully saturated rings. The SMILES string of the molecule is N#CC(c1cccnn1)C1CCOCC1. The first-order valence-corrected chi connectivity index (χ1v) is 5.17. The Kier molecular flexibility index (Phi) is 3.25. The maximum absolute atomic E-state index is 9.17. The lowest BCUT2D eigenvalue weighted by molar-refractivity contribution is 0.0625. The molecule has 0 N–H and O–H groups in total. The molecule has 1 aromatic heterocycles. The van der Waals surface area contributed by atoms with Crippen LogP contribution in [0.4, 0.5) is 0 Å². The number of nitrogens with zero attached hydrogens (tertiary/aromatic N) is 3. The van der Waals surface area contributed by atoms with E-state index in [1.807, 2.05) is 12.1 Å². The van der Waals surface area contributed by atoms with Crippen LogP contribution in [0.5, 0.6) is 0 Å². The number of hydrogen-bond donors (Lipinski definition) is 0. The summed E-state index contributed by atoms with van der Waals surface area (Å²) in [5.41, 5.74) is 0.784. The van der Waals surface area contributed by atoms with E-state index in [9.17, 15) is 5.26 Å². The molecule has 2 heterocycles. The molecule has 78 valence electrons. The summed E-state index contributed by atoms with van der Waals surface area (Å²) in [5.74, 6) is 0.225. The van der Waals surface area contributed by atoms with Gasteiger partial charge in [0.05, 0.1) is 17.7 Å². The molecule has 0 saturated carbocycles. The first-order chi connectivity index (χ1) is 7.42. The molecule has 0 spiro atoms. The maximum Gasteiger partial charge on any atom is 0.0933 e. The third-order valence-corrected chi connectivity index (χ3v) is 2.79. The van der Waals surface area contributed by atoms with E-state index in [1.54, 1.807) is 6.20 Å². The Morgan fingerprint density at radius 2 is 2.27 bits per heavy atom. The van der Waals surface area contributed by atoms with Crippen molar-refractivity contribution in [3.05, 3.63) is 24.0 Å².